The van der Waals surface area contributed by atoms with E-state index in [0.717, 1.165) is 16.3 Å². The van der Waals surface area contributed by atoms with Crippen molar-refractivity contribution in [2.24, 2.45) is 0 Å². The van der Waals surface area contributed by atoms with Gasteiger partial charge < -0.3 is 16.2 Å². The molecule has 0 unspecified atom stereocenters. The lowest BCUT2D eigenvalue weighted by molar-refractivity contribution is 0.102. The summed E-state index contributed by atoms with van der Waals surface area (Å²) in [5, 5.41) is 14.6. The van der Waals surface area contributed by atoms with E-state index in [1.54, 1.807) is 6.07 Å². The van der Waals surface area contributed by atoms with Crippen LogP contribution in [0.15, 0.2) is 54.6 Å². The highest BCUT2D eigenvalue weighted by atomic mass is 16.3. The average molecular weight is 292 g/mol. The summed E-state index contributed by atoms with van der Waals surface area (Å²) >= 11 is 0. The number of aryl methyl sites for hydroxylation is 1. The summed E-state index contributed by atoms with van der Waals surface area (Å²) in [6.07, 6.45) is 0. The molecule has 4 heteroatoms. The predicted octanol–water partition coefficient (Wildman–Crippen LogP) is 3.69. The second-order valence-electron chi connectivity index (χ2n) is 5.18. The van der Waals surface area contributed by atoms with Crippen LogP contribution in [0.25, 0.3) is 10.8 Å². The average Bonchev–Trinajstić information content (AvgIpc) is 2.53. The van der Waals surface area contributed by atoms with Gasteiger partial charge in [-0.1, -0.05) is 42.5 Å². The number of anilines is 2. The van der Waals surface area contributed by atoms with E-state index in [9.17, 15) is 9.90 Å². The standard InChI is InChI=1S/C18H16N2O2/c1-11-6-2-5-9-15(11)20-18(22)14-10-12-7-3-4-8-13(12)16(19)17(14)21/h2-10,21H,19H2,1H3,(H,20,22). The molecule has 0 aliphatic rings. The highest BCUT2D eigenvalue weighted by Gasteiger charge is 2.17. The number of amides is 1. The van der Waals surface area contributed by atoms with Gasteiger partial charge >= 0.3 is 0 Å². The molecular weight excluding hydrogens is 276 g/mol. The first-order chi connectivity index (χ1) is 10.6. The van der Waals surface area contributed by atoms with Crippen LogP contribution in [-0.2, 0) is 0 Å². The SMILES string of the molecule is Cc1ccccc1NC(=O)c1cc2ccccc2c(N)c1O. The van der Waals surface area contributed by atoms with Gasteiger partial charge in [0.15, 0.2) is 5.75 Å². The lowest BCUT2D eigenvalue weighted by atomic mass is 10.0. The maximum atomic E-state index is 12.5. The van der Waals surface area contributed by atoms with Gasteiger partial charge in [0.2, 0.25) is 0 Å². The summed E-state index contributed by atoms with van der Waals surface area (Å²) in [6, 6.07) is 16.5. The molecule has 0 saturated heterocycles. The smallest absolute Gasteiger partial charge is 0.259 e. The zero-order chi connectivity index (χ0) is 15.7. The van der Waals surface area contributed by atoms with Crippen LogP contribution in [0.4, 0.5) is 11.4 Å². The molecule has 4 N–H and O–H groups in total. The largest absolute Gasteiger partial charge is 0.505 e. The molecule has 0 aliphatic heterocycles. The number of carbonyl (C=O) groups excluding carboxylic acids is 1. The molecule has 0 fully saturated rings. The van der Waals surface area contributed by atoms with Gasteiger partial charge in [-0.05, 0) is 30.0 Å². The number of para-hydroxylation sites is 1. The zero-order valence-corrected chi connectivity index (χ0v) is 12.1. The minimum Gasteiger partial charge on any atom is -0.505 e. The molecule has 0 aromatic heterocycles. The van der Waals surface area contributed by atoms with Crippen molar-refractivity contribution in [3.8, 4) is 5.75 Å². The molecule has 3 rings (SSSR count). The first kappa shape index (κ1) is 13.9. The van der Waals surface area contributed by atoms with Crippen molar-refractivity contribution < 1.29 is 9.90 Å². The molecule has 1 amide bonds. The summed E-state index contributed by atoms with van der Waals surface area (Å²) in [6.45, 7) is 1.91. The fourth-order valence-corrected chi connectivity index (χ4v) is 2.44. The van der Waals surface area contributed by atoms with Gasteiger partial charge in [-0.3, -0.25) is 4.79 Å². The molecule has 22 heavy (non-hydrogen) atoms. The van der Waals surface area contributed by atoms with Crippen molar-refractivity contribution in [1.82, 2.24) is 0 Å². The van der Waals surface area contributed by atoms with E-state index in [1.165, 1.54) is 0 Å². The number of carbonyl (C=O) groups is 1. The van der Waals surface area contributed by atoms with Crippen LogP contribution in [0.2, 0.25) is 0 Å². The number of aromatic hydroxyl groups is 1. The van der Waals surface area contributed by atoms with E-state index in [2.05, 4.69) is 5.32 Å². The highest BCUT2D eigenvalue weighted by molar-refractivity contribution is 6.12. The predicted molar refractivity (Wildman–Crippen MR) is 89.2 cm³/mol. The second kappa shape index (κ2) is 5.41. The van der Waals surface area contributed by atoms with Gasteiger partial charge in [0.1, 0.15) is 0 Å². The molecule has 0 spiro atoms. The van der Waals surface area contributed by atoms with Gasteiger partial charge in [0, 0.05) is 11.1 Å². The Morgan fingerprint density at radius 3 is 2.55 bits per heavy atom. The summed E-state index contributed by atoms with van der Waals surface area (Å²) < 4.78 is 0. The van der Waals surface area contributed by atoms with Crippen molar-refractivity contribution >= 4 is 28.1 Å². The molecule has 3 aromatic rings. The lowest BCUT2D eigenvalue weighted by Crippen LogP contribution is -2.13. The monoisotopic (exact) mass is 292 g/mol. The van der Waals surface area contributed by atoms with Crippen LogP contribution in [0, 0.1) is 6.92 Å². The third-order valence-electron chi connectivity index (χ3n) is 3.70. The molecule has 4 nitrogen and oxygen atoms in total. The Kier molecular flexibility index (Phi) is 3.43. The Hall–Kier alpha value is -3.01. The first-order valence-electron chi connectivity index (χ1n) is 6.95. The fraction of sp³-hybridized carbons (Fsp3) is 0.0556. The zero-order valence-electron chi connectivity index (χ0n) is 12.1. The number of benzene rings is 3. The normalized spacial score (nSPS) is 10.6. The number of phenols is 1. The number of nitrogens with one attached hydrogen (secondary N) is 1. The minimum atomic E-state index is -0.385. The van der Waals surface area contributed by atoms with Crippen LogP contribution in [0.5, 0.6) is 5.75 Å². The lowest BCUT2D eigenvalue weighted by Gasteiger charge is -2.12. The number of hydrogen-bond acceptors (Lipinski definition) is 3. The third kappa shape index (κ3) is 2.35. The molecule has 110 valence electrons. The number of phenolic OH excluding ortho intramolecular Hbond substituents is 1. The number of nitrogens with two attached hydrogens (primary N) is 1. The Balaban J connectivity index is 2.04. The van der Waals surface area contributed by atoms with E-state index < -0.39 is 0 Å². The molecule has 0 aliphatic carbocycles. The van der Waals surface area contributed by atoms with E-state index in [-0.39, 0.29) is 22.9 Å². The summed E-state index contributed by atoms with van der Waals surface area (Å²) in [5.41, 5.74) is 7.99. The Morgan fingerprint density at radius 2 is 1.77 bits per heavy atom. The molecule has 0 atom stereocenters. The quantitative estimate of drug-likeness (QED) is 0.498. The molecule has 0 bridgehead atoms. The van der Waals surface area contributed by atoms with Crippen molar-refractivity contribution in [2.75, 3.05) is 11.1 Å². The third-order valence-corrected chi connectivity index (χ3v) is 3.70. The number of hydrogen-bond donors (Lipinski definition) is 3. The fourth-order valence-electron chi connectivity index (χ4n) is 2.44. The van der Waals surface area contributed by atoms with Crippen molar-refractivity contribution in [3.63, 3.8) is 0 Å². The Bertz CT molecular complexity index is 872. The first-order valence-corrected chi connectivity index (χ1v) is 6.95. The van der Waals surface area contributed by atoms with Crippen molar-refractivity contribution in [1.29, 1.82) is 0 Å². The van der Waals surface area contributed by atoms with Crippen LogP contribution < -0.4 is 11.1 Å². The number of nitrogen functional groups attached to an aromatic ring is 1. The van der Waals surface area contributed by atoms with Gasteiger partial charge in [-0.2, -0.15) is 0 Å². The van der Waals surface area contributed by atoms with Crippen LogP contribution in [-0.4, -0.2) is 11.0 Å². The van der Waals surface area contributed by atoms with E-state index in [0.29, 0.717) is 5.69 Å². The molecule has 0 saturated carbocycles. The van der Waals surface area contributed by atoms with E-state index in [1.807, 2.05) is 55.5 Å². The second-order valence-corrected chi connectivity index (χ2v) is 5.18. The van der Waals surface area contributed by atoms with Gasteiger partial charge in [-0.15, -0.1) is 0 Å². The Morgan fingerprint density at radius 1 is 1.09 bits per heavy atom. The van der Waals surface area contributed by atoms with E-state index in [4.69, 9.17) is 5.73 Å². The van der Waals surface area contributed by atoms with Crippen LogP contribution in [0.1, 0.15) is 15.9 Å². The molecule has 0 heterocycles. The maximum absolute atomic E-state index is 12.5. The van der Waals surface area contributed by atoms with Crippen LogP contribution in [0.3, 0.4) is 0 Å². The summed E-state index contributed by atoms with van der Waals surface area (Å²) in [4.78, 5) is 12.5. The molecule has 3 aromatic carbocycles. The Labute approximate surface area is 128 Å². The summed E-state index contributed by atoms with van der Waals surface area (Å²) in [5.74, 6) is -0.575. The van der Waals surface area contributed by atoms with E-state index >= 15 is 0 Å². The highest BCUT2D eigenvalue weighted by Crippen LogP contribution is 2.34. The molecular formula is C18H16N2O2. The van der Waals surface area contributed by atoms with Gasteiger partial charge in [0.25, 0.3) is 5.91 Å². The van der Waals surface area contributed by atoms with Crippen molar-refractivity contribution in [3.05, 3.63) is 65.7 Å². The van der Waals surface area contributed by atoms with Gasteiger partial charge in [-0.25, -0.2) is 0 Å². The minimum absolute atomic E-state index is 0.166. The summed E-state index contributed by atoms with van der Waals surface area (Å²) in [7, 11) is 0. The number of fused-ring (bicyclic) bond motifs is 1. The molecule has 0 radical (unpaired) electrons. The number of rotatable bonds is 2. The topological polar surface area (TPSA) is 75.4 Å². The maximum Gasteiger partial charge on any atom is 0.259 e. The van der Waals surface area contributed by atoms with Crippen molar-refractivity contribution in [2.45, 2.75) is 6.92 Å². The van der Waals surface area contributed by atoms with Gasteiger partial charge in [0.05, 0.1) is 11.3 Å². The van der Waals surface area contributed by atoms with Crippen LogP contribution >= 0.6 is 0 Å².